The SMILES string of the molecule is C=C(C)C(=O)Cc1ccc2ccccc2n1. The summed E-state index contributed by atoms with van der Waals surface area (Å²) in [5, 5.41) is 1.09. The van der Waals surface area contributed by atoms with Gasteiger partial charge in [0.2, 0.25) is 0 Å². The van der Waals surface area contributed by atoms with E-state index in [1.165, 1.54) is 0 Å². The molecule has 1 aromatic carbocycles. The largest absolute Gasteiger partial charge is 0.294 e. The first-order chi connectivity index (χ1) is 7.66. The van der Waals surface area contributed by atoms with E-state index in [2.05, 4.69) is 11.6 Å². The summed E-state index contributed by atoms with van der Waals surface area (Å²) < 4.78 is 0. The average molecular weight is 211 g/mol. The van der Waals surface area contributed by atoms with Crippen molar-refractivity contribution < 1.29 is 4.79 Å². The smallest absolute Gasteiger partial charge is 0.163 e. The molecule has 0 amide bonds. The van der Waals surface area contributed by atoms with Gasteiger partial charge in [0.05, 0.1) is 11.9 Å². The number of rotatable bonds is 3. The van der Waals surface area contributed by atoms with E-state index in [-0.39, 0.29) is 5.78 Å². The summed E-state index contributed by atoms with van der Waals surface area (Å²) >= 11 is 0. The van der Waals surface area contributed by atoms with Gasteiger partial charge in [0, 0.05) is 11.1 Å². The Labute approximate surface area is 94.6 Å². The van der Waals surface area contributed by atoms with Gasteiger partial charge < -0.3 is 0 Å². The van der Waals surface area contributed by atoms with Crippen LogP contribution in [0.4, 0.5) is 0 Å². The van der Waals surface area contributed by atoms with Crippen LogP contribution in [0.1, 0.15) is 12.6 Å². The van der Waals surface area contributed by atoms with Crippen LogP contribution in [0.25, 0.3) is 10.9 Å². The average Bonchev–Trinajstić information content (AvgIpc) is 2.28. The van der Waals surface area contributed by atoms with Crippen LogP contribution in [0.3, 0.4) is 0 Å². The number of carbonyl (C=O) groups is 1. The highest BCUT2D eigenvalue weighted by atomic mass is 16.1. The van der Waals surface area contributed by atoms with E-state index in [1.54, 1.807) is 6.92 Å². The molecule has 0 unspecified atom stereocenters. The van der Waals surface area contributed by atoms with Gasteiger partial charge in [-0.3, -0.25) is 9.78 Å². The van der Waals surface area contributed by atoms with Crippen LogP contribution in [0.5, 0.6) is 0 Å². The van der Waals surface area contributed by atoms with E-state index in [0.29, 0.717) is 12.0 Å². The van der Waals surface area contributed by atoms with Crippen molar-refractivity contribution in [1.29, 1.82) is 0 Å². The highest BCUT2D eigenvalue weighted by molar-refractivity contribution is 5.95. The van der Waals surface area contributed by atoms with Gasteiger partial charge in [0.25, 0.3) is 0 Å². The number of aromatic nitrogens is 1. The molecule has 2 aromatic rings. The molecule has 2 rings (SSSR count). The summed E-state index contributed by atoms with van der Waals surface area (Å²) in [5.74, 6) is 0.0442. The first-order valence-electron chi connectivity index (χ1n) is 5.20. The first kappa shape index (κ1) is 10.6. The minimum absolute atomic E-state index is 0.0442. The molecule has 2 heteroatoms. The number of fused-ring (bicyclic) bond motifs is 1. The molecule has 0 aliphatic heterocycles. The molecule has 0 fully saturated rings. The zero-order chi connectivity index (χ0) is 11.5. The Bertz CT molecular complexity index is 557. The van der Waals surface area contributed by atoms with Crippen molar-refractivity contribution >= 4 is 16.7 Å². The van der Waals surface area contributed by atoms with Gasteiger partial charge in [-0.1, -0.05) is 30.8 Å². The predicted molar refractivity (Wildman–Crippen MR) is 65.3 cm³/mol. The molecule has 0 spiro atoms. The molecule has 1 heterocycles. The van der Waals surface area contributed by atoms with E-state index in [1.807, 2.05) is 36.4 Å². The van der Waals surface area contributed by atoms with Crippen molar-refractivity contribution in [2.45, 2.75) is 13.3 Å². The monoisotopic (exact) mass is 211 g/mol. The van der Waals surface area contributed by atoms with Gasteiger partial charge in [-0.05, 0) is 24.6 Å². The fourth-order valence-corrected chi connectivity index (χ4v) is 1.52. The van der Waals surface area contributed by atoms with Crippen LogP contribution in [0.15, 0.2) is 48.6 Å². The lowest BCUT2D eigenvalue weighted by atomic mass is 10.1. The zero-order valence-corrected chi connectivity index (χ0v) is 9.23. The molecular formula is C14H13NO. The summed E-state index contributed by atoms with van der Waals surface area (Å²) in [5.41, 5.74) is 2.30. The molecule has 1 aromatic heterocycles. The number of para-hydroxylation sites is 1. The van der Waals surface area contributed by atoms with Gasteiger partial charge in [0.15, 0.2) is 5.78 Å². The van der Waals surface area contributed by atoms with Gasteiger partial charge in [-0.15, -0.1) is 0 Å². The lowest BCUT2D eigenvalue weighted by Gasteiger charge is -2.02. The minimum atomic E-state index is 0.0442. The Morgan fingerprint density at radius 1 is 1.25 bits per heavy atom. The Hall–Kier alpha value is -1.96. The van der Waals surface area contributed by atoms with E-state index >= 15 is 0 Å². The third kappa shape index (κ3) is 2.16. The summed E-state index contributed by atoms with van der Waals surface area (Å²) in [6.07, 6.45) is 0.333. The number of Topliss-reactive ketones (excluding diaryl/α,β-unsaturated/α-hetero) is 1. The third-order valence-electron chi connectivity index (χ3n) is 2.47. The normalized spacial score (nSPS) is 10.3. The molecule has 0 aliphatic carbocycles. The standard InChI is InChI=1S/C14H13NO/c1-10(2)14(16)9-12-8-7-11-5-3-4-6-13(11)15-12/h3-8H,1,9H2,2H3. The van der Waals surface area contributed by atoms with Crippen molar-refractivity contribution in [3.63, 3.8) is 0 Å². The highest BCUT2D eigenvalue weighted by Gasteiger charge is 2.05. The minimum Gasteiger partial charge on any atom is -0.294 e. The van der Waals surface area contributed by atoms with E-state index in [0.717, 1.165) is 16.6 Å². The summed E-state index contributed by atoms with van der Waals surface area (Å²) in [4.78, 5) is 15.9. The van der Waals surface area contributed by atoms with Crippen molar-refractivity contribution in [1.82, 2.24) is 4.98 Å². The van der Waals surface area contributed by atoms with Crippen LogP contribution >= 0.6 is 0 Å². The van der Waals surface area contributed by atoms with E-state index in [4.69, 9.17) is 0 Å². The van der Waals surface area contributed by atoms with Gasteiger partial charge >= 0.3 is 0 Å². The van der Waals surface area contributed by atoms with Gasteiger partial charge in [-0.2, -0.15) is 0 Å². The molecule has 0 bridgehead atoms. The molecule has 2 nitrogen and oxygen atoms in total. The van der Waals surface area contributed by atoms with Crippen LogP contribution in [-0.2, 0) is 11.2 Å². The topological polar surface area (TPSA) is 30.0 Å². The van der Waals surface area contributed by atoms with Crippen LogP contribution < -0.4 is 0 Å². The first-order valence-corrected chi connectivity index (χ1v) is 5.20. The van der Waals surface area contributed by atoms with E-state index < -0.39 is 0 Å². The number of nitrogens with zero attached hydrogens (tertiary/aromatic N) is 1. The van der Waals surface area contributed by atoms with E-state index in [9.17, 15) is 4.79 Å². The van der Waals surface area contributed by atoms with Crippen LogP contribution in [0, 0.1) is 0 Å². The molecule has 0 aliphatic rings. The second kappa shape index (κ2) is 4.27. The third-order valence-corrected chi connectivity index (χ3v) is 2.47. The number of ketones is 1. The fourth-order valence-electron chi connectivity index (χ4n) is 1.52. The van der Waals surface area contributed by atoms with Gasteiger partial charge in [-0.25, -0.2) is 0 Å². The van der Waals surface area contributed by atoms with Gasteiger partial charge in [0.1, 0.15) is 0 Å². The second-order valence-corrected chi connectivity index (χ2v) is 3.88. The van der Waals surface area contributed by atoms with Crippen LogP contribution in [-0.4, -0.2) is 10.8 Å². The van der Waals surface area contributed by atoms with Crippen molar-refractivity contribution in [3.05, 3.63) is 54.2 Å². The predicted octanol–water partition coefficient (Wildman–Crippen LogP) is 2.92. The maximum atomic E-state index is 11.5. The molecule has 80 valence electrons. The number of pyridine rings is 1. The number of benzene rings is 1. The number of hydrogen-bond acceptors (Lipinski definition) is 2. The Morgan fingerprint density at radius 3 is 2.75 bits per heavy atom. The fraction of sp³-hybridized carbons (Fsp3) is 0.143. The Kier molecular flexibility index (Phi) is 2.82. The van der Waals surface area contributed by atoms with Crippen molar-refractivity contribution in [3.8, 4) is 0 Å². The number of allylic oxidation sites excluding steroid dienone is 1. The molecule has 0 N–H and O–H groups in total. The summed E-state index contributed by atoms with van der Waals surface area (Å²) in [6, 6.07) is 11.8. The number of carbonyl (C=O) groups excluding carboxylic acids is 1. The Morgan fingerprint density at radius 2 is 2.00 bits per heavy atom. The molecule has 0 radical (unpaired) electrons. The molecule has 0 saturated heterocycles. The molecule has 0 saturated carbocycles. The Balaban J connectivity index is 2.33. The lowest BCUT2D eigenvalue weighted by molar-refractivity contribution is -0.114. The highest BCUT2D eigenvalue weighted by Crippen LogP contribution is 2.12. The molecule has 0 atom stereocenters. The maximum Gasteiger partial charge on any atom is 0.163 e. The van der Waals surface area contributed by atoms with Crippen molar-refractivity contribution in [2.75, 3.05) is 0 Å². The molecular weight excluding hydrogens is 198 g/mol. The quantitative estimate of drug-likeness (QED) is 0.731. The lowest BCUT2D eigenvalue weighted by Crippen LogP contribution is -2.04. The van der Waals surface area contributed by atoms with Crippen LogP contribution in [0.2, 0.25) is 0 Å². The molecule has 16 heavy (non-hydrogen) atoms. The second-order valence-electron chi connectivity index (χ2n) is 3.88. The number of hydrogen-bond donors (Lipinski definition) is 0. The maximum absolute atomic E-state index is 11.5. The van der Waals surface area contributed by atoms with Crippen molar-refractivity contribution in [2.24, 2.45) is 0 Å². The summed E-state index contributed by atoms with van der Waals surface area (Å²) in [7, 11) is 0. The summed E-state index contributed by atoms with van der Waals surface area (Å²) in [6.45, 7) is 5.36. The zero-order valence-electron chi connectivity index (χ0n) is 9.23.